The molecule has 0 amide bonds. The van der Waals surface area contributed by atoms with Crippen molar-refractivity contribution in [1.29, 1.82) is 0 Å². The molecule has 0 saturated carbocycles. The van der Waals surface area contributed by atoms with E-state index >= 15 is 0 Å². The van der Waals surface area contributed by atoms with Gasteiger partial charge < -0.3 is 14.0 Å². The van der Waals surface area contributed by atoms with E-state index in [1.54, 1.807) is 12.1 Å². The molecule has 7 heteroatoms. The number of quaternary nitrogens is 1. The molecule has 2 rings (SSSR count). The topological polar surface area (TPSA) is 82.6 Å². The lowest BCUT2D eigenvalue weighted by Crippen LogP contribution is -2.36. The molecule has 0 unspecified atom stereocenters. The molecule has 0 aliphatic rings. The predicted molar refractivity (Wildman–Crippen MR) is 77.6 cm³/mol. The van der Waals surface area contributed by atoms with Gasteiger partial charge >= 0.3 is 7.82 Å². The van der Waals surface area contributed by atoms with Gasteiger partial charge in [0, 0.05) is 23.5 Å². The van der Waals surface area contributed by atoms with Crippen LogP contribution in [-0.2, 0) is 11.0 Å². The van der Waals surface area contributed by atoms with Crippen molar-refractivity contribution in [3.05, 3.63) is 30.0 Å². The fourth-order valence-electron chi connectivity index (χ4n) is 2.08. The van der Waals surface area contributed by atoms with Crippen LogP contribution in [0.3, 0.4) is 0 Å². The van der Waals surface area contributed by atoms with Crippen LogP contribution in [0.15, 0.2) is 24.4 Å². The van der Waals surface area contributed by atoms with Crippen LogP contribution in [0.25, 0.3) is 10.9 Å². The van der Waals surface area contributed by atoms with Gasteiger partial charge in [-0.1, -0.05) is 6.07 Å². The lowest BCUT2D eigenvalue weighted by atomic mass is 10.1. The van der Waals surface area contributed by atoms with Gasteiger partial charge in [-0.05, 0) is 17.7 Å². The normalized spacial score (nSPS) is 12.8. The number of aromatic amines is 1. The van der Waals surface area contributed by atoms with Gasteiger partial charge in [0.05, 0.1) is 27.7 Å². The molecule has 1 aromatic heterocycles. The molecule has 1 aromatic carbocycles. The monoisotopic (exact) mass is 299 g/mol. The molecule has 0 bridgehead atoms. The van der Waals surface area contributed by atoms with Crippen LogP contribution in [-0.4, -0.2) is 46.9 Å². The summed E-state index contributed by atoms with van der Waals surface area (Å²) in [5, 5.41) is 0.740. The molecule has 0 aliphatic carbocycles. The molecule has 0 spiro atoms. The van der Waals surface area contributed by atoms with Crippen molar-refractivity contribution in [3.63, 3.8) is 0 Å². The van der Waals surface area contributed by atoms with E-state index in [0.717, 1.165) is 33.9 Å². The number of fused-ring (bicyclic) bond motifs is 1. The molecule has 0 saturated heterocycles. The standard InChI is InChI=1S/C13H19N2O4P/c1-15(2,3)8-7-10-9-14-11-5-4-6-12(13(10)11)19-20(16,17)18/h4-6,9,14H,7-8H2,1-3H3,(H-,16,17,18)/p+1. The van der Waals surface area contributed by atoms with Crippen LogP contribution in [0.5, 0.6) is 5.75 Å². The zero-order chi connectivity index (χ0) is 15.0. The highest BCUT2D eigenvalue weighted by Gasteiger charge is 2.20. The van der Waals surface area contributed by atoms with Gasteiger partial charge in [0.25, 0.3) is 0 Å². The molecule has 20 heavy (non-hydrogen) atoms. The maximum atomic E-state index is 11.1. The molecule has 1 heterocycles. The van der Waals surface area contributed by atoms with Crippen LogP contribution in [0, 0.1) is 0 Å². The molecule has 2 aromatic rings. The second-order valence-corrected chi connectivity index (χ2v) is 7.00. The van der Waals surface area contributed by atoms with Crippen LogP contribution >= 0.6 is 7.82 Å². The molecule has 0 fully saturated rings. The quantitative estimate of drug-likeness (QED) is 0.581. The first-order valence-corrected chi connectivity index (χ1v) is 7.83. The lowest BCUT2D eigenvalue weighted by molar-refractivity contribution is -0.870. The fourth-order valence-corrected chi connectivity index (χ4v) is 2.49. The minimum atomic E-state index is -4.56. The molecule has 110 valence electrons. The van der Waals surface area contributed by atoms with Crippen molar-refractivity contribution in [2.24, 2.45) is 0 Å². The third-order valence-electron chi connectivity index (χ3n) is 3.02. The number of rotatable bonds is 5. The summed E-state index contributed by atoms with van der Waals surface area (Å²) < 4.78 is 16.7. The van der Waals surface area contributed by atoms with E-state index in [4.69, 9.17) is 14.3 Å². The van der Waals surface area contributed by atoms with Crippen LogP contribution in [0.1, 0.15) is 5.56 Å². The Morgan fingerprint density at radius 1 is 1.30 bits per heavy atom. The summed E-state index contributed by atoms with van der Waals surface area (Å²) in [4.78, 5) is 21.1. The minimum Gasteiger partial charge on any atom is -0.404 e. The van der Waals surface area contributed by atoms with Gasteiger partial charge in [0.2, 0.25) is 0 Å². The van der Waals surface area contributed by atoms with Gasteiger partial charge in [-0.3, -0.25) is 9.79 Å². The average Bonchev–Trinajstić information content (AvgIpc) is 2.67. The first kappa shape index (κ1) is 15.1. The van der Waals surface area contributed by atoms with Gasteiger partial charge in [-0.25, -0.2) is 4.57 Å². The molecular weight excluding hydrogens is 279 g/mol. The number of hydrogen-bond acceptors (Lipinski definition) is 2. The smallest absolute Gasteiger partial charge is 0.404 e. The third kappa shape index (κ3) is 3.84. The zero-order valence-corrected chi connectivity index (χ0v) is 12.7. The van der Waals surface area contributed by atoms with Crippen molar-refractivity contribution in [2.45, 2.75) is 6.42 Å². The molecule has 0 atom stereocenters. The Hall–Kier alpha value is -1.33. The number of phosphoric acid groups is 1. The summed E-state index contributed by atoms with van der Waals surface area (Å²) in [6.45, 7) is 0.914. The van der Waals surface area contributed by atoms with E-state index in [9.17, 15) is 4.57 Å². The summed E-state index contributed by atoms with van der Waals surface area (Å²) >= 11 is 0. The number of likely N-dealkylation sites (N-methyl/N-ethyl adjacent to an activating group) is 1. The van der Waals surface area contributed by atoms with Gasteiger partial charge in [0.15, 0.2) is 0 Å². The minimum absolute atomic E-state index is 0.216. The van der Waals surface area contributed by atoms with E-state index in [-0.39, 0.29) is 5.75 Å². The van der Waals surface area contributed by atoms with Gasteiger partial charge in [0.1, 0.15) is 5.75 Å². The number of phosphoric ester groups is 1. The predicted octanol–water partition coefficient (Wildman–Crippen LogP) is 1.89. The Kier molecular flexibility index (Phi) is 3.93. The Bertz CT molecular complexity index is 654. The molecule has 0 aliphatic heterocycles. The Labute approximate surface area is 117 Å². The number of benzene rings is 1. The number of aromatic nitrogens is 1. The second kappa shape index (κ2) is 5.22. The van der Waals surface area contributed by atoms with E-state index < -0.39 is 7.82 Å². The van der Waals surface area contributed by atoms with E-state index in [1.807, 2.05) is 12.3 Å². The summed E-state index contributed by atoms with van der Waals surface area (Å²) in [6, 6.07) is 5.13. The number of hydrogen-bond donors (Lipinski definition) is 3. The van der Waals surface area contributed by atoms with Crippen LogP contribution < -0.4 is 4.52 Å². The maximum absolute atomic E-state index is 11.1. The Morgan fingerprint density at radius 2 is 2.00 bits per heavy atom. The summed E-state index contributed by atoms with van der Waals surface area (Å²) in [6.07, 6.45) is 2.66. The number of nitrogens with zero attached hydrogens (tertiary/aromatic N) is 1. The highest BCUT2D eigenvalue weighted by molar-refractivity contribution is 7.46. The molecule has 3 N–H and O–H groups in total. The molecule has 6 nitrogen and oxygen atoms in total. The highest BCUT2D eigenvalue weighted by Crippen LogP contribution is 2.41. The second-order valence-electron chi connectivity index (χ2n) is 5.84. The first-order chi connectivity index (χ1) is 9.16. The van der Waals surface area contributed by atoms with Crippen molar-refractivity contribution >= 4 is 18.7 Å². The largest absolute Gasteiger partial charge is 0.524 e. The SMILES string of the molecule is C[N+](C)(C)CCc1c[nH]c2cccc(OP(=O)(O)O)c12. The van der Waals surface area contributed by atoms with Gasteiger partial charge in [-0.2, -0.15) is 0 Å². The van der Waals surface area contributed by atoms with Crippen LogP contribution in [0.4, 0.5) is 0 Å². The van der Waals surface area contributed by atoms with Gasteiger partial charge in [-0.15, -0.1) is 0 Å². The lowest BCUT2D eigenvalue weighted by Gasteiger charge is -2.23. The maximum Gasteiger partial charge on any atom is 0.524 e. The first-order valence-electron chi connectivity index (χ1n) is 6.30. The summed E-state index contributed by atoms with van der Waals surface area (Å²) in [7, 11) is 1.74. The number of H-pyrrole nitrogens is 1. The molecular formula is C13H20N2O4P+. The highest BCUT2D eigenvalue weighted by atomic mass is 31.2. The summed E-state index contributed by atoms with van der Waals surface area (Å²) in [5.41, 5.74) is 1.81. The van der Waals surface area contributed by atoms with Crippen molar-refractivity contribution in [3.8, 4) is 5.75 Å². The van der Waals surface area contributed by atoms with Crippen molar-refractivity contribution in [1.82, 2.24) is 4.98 Å². The summed E-state index contributed by atoms with van der Waals surface area (Å²) in [5.74, 6) is 0.216. The third-order valence-corrected chi connectivity index (χ3v) is 3.45. The zero-order valence-electron chi connectivity index (χ0n) is 11.8. The van der Waals surface area contributed by atoms with Crippen molar-refractivity contribution < 1.29 is 23.4 Å². The average molecular weight is 299 g/mol. The Balaban J connectivity index is 2.39. The Morgan fingerprint density at radius 3 is 2.60 bits per heavy atom. The number of nitrogens with one attached hydrogen (secondary N) is 1. The van der Waals surface area contributed by atoms with E-state index in [1.165, 1.54) is 0 Å². The van der Waals surface area contributed by atoms with Crippen molar-refractivity contribution in [2.75, 3.05) is 27.7 Å². The van der Waals surface area contributed by atoms with Crippen LogP contribution in [0.2, 0.25) is 0 Å². The fraction of sp³-hybridized carbons (Fsp3) is 0.385. The van der Waals surface area contributed by atoms with E-state index in [0.29, 0.717) is 0 Å². The van der Waals surface area contributed by atoms with E-state index in [2.05, 4.69) is 26.1 Å². The molecule has 0 radical (unpaired) electrons.